The molecule has 1 saturated heterocycles. The zero-order valence-electron chi connectivity index (χ0n) is 11.2. The van der Waals surface area contributed by atoms with Gasteiger partial charge in [0.15, 0.2) is 0 Å². The van der Waals surface area contributed by atoms with Gasteiger partial charge in [-0.2, -0.15) is 0 Å². The molecular formula is C14H23BrN2S. The van der Waals surface area contributed by atoms with Crippen molar-refractivity contribution in [3.63, 3.8) is 0 Å². The van der Waals surface area contributed by atoms with Gasteiger partial charge in [-0.25, -0.2) is 0 Å². The fraction of sp³-hybridized carbons (Fsp3) is 0.714. The quantitative estimate of drug-likeness (QED) is 0.907. The second kappa shape index (κ2) is 6.51. The van der Waals surface area contributed by atoms with Gasteiger partial charge in [-0.3, -0.25) is 4.90 Å². The van der Waals surface area contributed by atoms with Gasteiger partial charge in [0, 0.05) is 15.9 Å². The van der Waals surface area contributed by atoms with Crippen LogP contribution in [0.4, 0.5) is 0 Å². The van der Waals surface area contributed by atoms with Crippen LogP contribution in [0.25, 0.3) is 0 Å². The number of nitrogens with two attached hydrogens (primary N) is 1. The molecule has 18 heavy (non-hydrogen) atoms. The Kier molecular flexibility index (Phi) is 5.24. The molecule has 2 N–H and O–H groups in total. The first-order valence-corrected chi connectivity index (χ1v) is 8.47. The van der Waals surface area contributed by atoms with Crippen LogP contribution in [0.15, 0.2) is 15.9 Å². The average molecular weight is 331 g/mol. The van der Waals surface area contributed by atoms with Crippen LogP contribution in [0.3, 0.4) is 0 Å². The lowest BCUT2D eigenvalue weighted by Gasteiger charge is -2.38. The van der Waals surface area contributed by atoms with E-state index < -0.39 is 0 Å². The normalized spacial score (nSPS) is 20.5. The maximum Gasteiger partial charge on any atom is 0.0575 e. The minimum absolute atomic E-state index is 0.396. The number of thiophene rings is 1. The van der Waals surface area contributed by atoms with Gasteiger partial charge in [-0.1, -0.05) is 13.8 Å². The summed E-state index contributed by atoms with van der Waals surface area (Å²) in [5, 5.41) is 2.14. The summed E-state index contributed by atoms with van der Waals surface area (Å²) >= 11 is 5.45. The minimum Gasteiger partial charge on any atom is -0.329 e. The van der Waals surface area contributed by atoms with Crippen molar-refractivity contribution in [3.8, 4) is 0 Å². The van der Waals surface area contributed by atoms with E-state index >= 15 is 0 Å². The first-order valence-electron chi connectivity index (χ1n) is 6.80. The summed E-state index contributed by atoms with van der Waals surface area (Å²) in [7, 11) is 0. The van der Waals surface area contributed by atoms with Crippen molar-refractivity contribution < 1.29 is 0 Å². The molecule has 0 amide bonds. The first-order chi connectivity index (χ1) is 8.63. The third-order valence-corrected chi connectivity index (χ3v) is 6.10. The predicted octanol–water partition coefficient (Wildman–Crippen LogP) is 3.88. The van der Waals surface area contributed by atoms with Crippen LogP contribution in [0.5, 0.6) is 0 Å². The van der Waals surface area contributed by atoms with Crippen LogP contribution in [-0.4, -0.2) is 24.5 Å². The molecule has 2 rings (SSSR count). The van der Waals surface area contributed by atoms with Gasteiger partial charge in [0.2, 0.25) is 0 Å². The molecule has 4 heteroatoms. The molecule has 1 atom stereocenters. The van der Waals surface area contributed by atoms with Crippen molar-refractivity contribution in [2.75, 3.05) is 19.6 Å². The summed E-state index contributed by atoms with van der Waals surface area (Å²) in [5.74, 6) is 1.71. The molecule has 0 spiro atoms. The third-order valence-electron chi connectivity index (χ3n) is 4.13. The van der Waals surface area contributed by atoms with Gasteiger partial charge in [0.1, 0.15) is 0 Å². The Labute approximate surface area is 123 Å². The molecule has 0 radical (unpaired) electrons. The van der Waals surface area contributed by atoms with Crippen molar-refractivity contribution in [3.05, 3.63) is 20.8 Å². The summed E-state index contributed by atoms with van der Waals surface area (Å²) in [6, 6.07) is 2.52. The standard InChI is InChI=1S/C14H23BrN2S/c1-10(2)11-3-6-17(7-4-11)13(9-16)14-12(15)5-8-18-14/h5,8,10-11,13H,3-4,6-7,9,16H2,1-2H3. The van der Waals surface area contributed by atoms with E-state index in [1.807, 2.05) is 11.3 Å². The Morgan fingerprint density at radius 2 is 2.11 bits per heavy atom. The Morgan fingerprint density at radius 1 is 1.44 bits per heavy atom. The maximum absolute atomic E-state index is 6.00. The van der Waals surface area contributed by atoms with Crippen LogP contribution >= 0.6 is 27.3 Å². The monoisotopic (exact) mass is 330 g/mol. The highest BCUT2D eigenvalue weighted by Gasteiger charge is 2.28. The molecule has 1 aromatic rings. The fourth-order valence-electron chi connectivity index (χ4n) is 2.86. The van der Waals surface area contributed by atoms with Crippen molar-refractivity contribution in [1.82, 2.24) is 4.90 Å². The lowest BCUT2D eigenvalue weighted by atomic mass is 9.86. The van der Waals surface area contributed by atoms with Gasteiger partial charge >= 0.3 is 0 Å². The van der Waals surface area contributed by atoms with Crippen molar-refractivity contribution in [1.29, 1.82) is 0 Å². The zero-order valence-corrected chi connectivity index (χ0v) is 13.6. The Morgan fingerprint density at radius 3 is 2.56 bits per heavy atom. The van der Waals surface area contributed by atoms with Gasteiger partial charge < -0.3 is 5.73 Å². The number of hydrogen-bond acceptors (Lipinski definition) is 3. The van der Waals surface area contributed by atoms with E-state index in [1.54, 1.807) is 0 Å². The van der Waals surface area contributed by atoms with E-state index in [1.165, 1.54) is 35.3 Å². The van der Waals surface area contributed by atoms with Gasteiger partial charge in [-0.15, -0.1) is 11.3 Å². The molecular weight excluding hydrogens is 308 g/mol. The molecule has 0 bridgehead atoms. The van der Waals surface area contributed by atoms with E-state index in [0.717, 1.165) is 11.8 Å². The molecule has 1 aliphatic heterocycles. The topological polar surface area (TPSA) is 29.3 Å². The van der Waals surface area contributed by atoms with Crippen LogP contribution in [0.2, 0.25) is 0 Å². The molecule has 102 valence electrons. The second-order valence-corrected chi connectivity index (χ2v) is 7.30. The summed E-state index contributed by atoms with van der Waals surface area (Å²) < 4.78 is 1.22. The van der Waals surface area contributed by atoms with Crippen molar-refractivity contribution in [2.24, 2.45) is 17.6 Å². The van der Waals surface area contributed by atoms with E-state index in [2.05, 4.69) is 46.1 Å². The number of rotatable bonds is 4. The first kappa shape index (κ1) is 14.5. The molecule has 1 fully saturated rings. The molecule has 0 aliphatic carbocycles. The SMILES string of the molecule is CC(C)C1CCN(C(CN)c2sccc2Br)CC1. The highest BCUT2D eigenvalue weighted by atomic mass is 79.9. The van der Waals surface area contributed by atoms with Gasteiger partial charge in [-0.05, 0) is 65.1 Å². The van der Waals surface area contributed by atoms with Gasteiger partial charge in [0.05, 0.1) is 6.04 Å². The zero-order chi connectivity index (χ0) is 13.1. The molecule has 1 aliphatic rings. The van der Waals surface area contributed by atoms with Crippen LogP contribution in [-0.2, 0) is 0 Å². The molecule has 1 unspecified atom stereocenters. The minimum atomic E-state index is 0.396. The second-order valence-electron chi connectivity index (χ2n) is 5.50. The highest BCUT2D eigenvalue weighted by Crippen LogP contribution is 2.35. The van der Waals surface area contributed by atoms with E-state index in [0.29, 0.717) is 12.6 Å². The predicted molar refractivity (Wildman–Crippen MR) is 82.9 cm³/mol. The lowest BCUT2D eigenvalue weighted by molar-refractivity contribution is 0.118. The van der Waals surface area contributed by atoms with Gasteiger partial charge in [0.25, 0.3) is 0 Å². The van der Waals surface area contributed by atoms with E-state index in [9.17, 15) is 0 Å². The van der Waals surface area contributed by atoms with Crippen LogP contribution in [0.1, 0.15) is 37.6 Å². The number of nitrogens with zero attached hydrogens (tertiary/aromatic N) is 1. The largest absolute Gasteiger partial charge is 0.329 e. The third kappa shape index (κ3) is 3.16. The van der Waals surface area contributed by atoms with Crippen molar-refractivity contribution >= 4 is 27.3 Å². The Balaban J connectivity index is 2.01. The molecule has 2 nitrogen and oxygen atoms in total. The summed E-state index contributed by atoms with van der Waals surface area (Å²) in [6.07, 6.45) is 2.63. The van der Waals surface area contributed by atoms with E-state index in [4.69, 9.17) is 5.73 Å². The summed E-state index contributed by atoms with van der Waals surface area (Å²) in [6.45, 7) is 7.78. The number of hydrogen-bond donors (Lipinski definition) is 1. The molecule has 0 saturated carbocycles. The highest BCUT2D eigenvalue weighted by molar-refractivity contribution is 9.10. The number of likely N-dealkylation sites (tertiary alicyclic amines) is 1. The molecule has 0 aromatic carbocycles. The average Bonchev–Trinajstić information content (AvgIpc) is 2.78. The summed E-state index contributed by atoms with van der Waals surface area (Å²) in [5.41, 5.74) is 6.00. The molecule has 2 heterocycles. The fourth-order valence-corrected chi connectivity index (χ4v) is 4.65. The summed E-state index contributed by atoms with van der Waals surface area (Å²) in [4.78, 5) is 3.95. The van der Waals surface area contributed by atoms with Crippen molar-refractivity contribution in [2.45, 2.75) is 32.7 Å². The number of halogens is 1. The Hall–Kier alpha value is 0.100. The smallest absolute Gasteiger partial charge is 0.0575 e. The Bertz CT molecular complexity index is 370. The van der Waals surface area contributed by atoms with E-state index in [-0.39, 0.29) is 0 Å². The lowest BCUT2D eigenvalue weighted by Crippen LogP contribution is -2.40. The molecule has 1 aromatic heterocycles. The number of piperidine rings is 1. The maximum atomic E-state index is 6.00. The van der Waals surface area contributed by atoms with Crippen LogP contribution < -0.4 is 5.73 Å². The van der Waals surface area contributed by atoms with Crippen LogP contribution in [0, 0.1) is 11.8 Å².